The van der Waals surface area contributed by atoms with Gasteiger partial charge in [0, 0.05) is 48.5 Å². The third kappa shape index (κ3) is 3.74. The number of benzene rings is 1. The molecule has 0 radical (unpaired) electrons. The van der Waals surface area contributed by atoms with Crippen LogP contribution < -0.4 is 4.90 Å². The van der Waals surface area contributed by atoms with Gasteiger partial charge in [-0.15, -0.1) is 0 Å². The van der Waals surface area contributed by atoms with Gasteiger partial charge in [0.25, 0.3) is 5.89 Å². The van der Waals surface area contributed by atoms with Gasteiger partial charge in [-0.3, -0.25) is 4.79 Å². The summed E-state index contributed by atoms with van der Waals surface area (Å²) in [6.45, 7) is 2.33. The second-order valence-electron chi connectivity index (χ2n) is 7.54. The van der Waals surface area contributed by atoms with E-state index in [1.54, 1.807) is 6.20 Å². The second-order valence-corrected chi connectivity index (χ2v) is 7.95. The Labute approximate surface area is 183 Å². The number of carbonyl (C=O) groups is 1. The van der Waals surface area contributed by atoms with Gasteiger partial charge in [-0.25, -0.2) is 4.98 Å². The molecule has 158 valence electrons. The number of carboxylic acid groups (broad SMARTS) is 1. The van der Waals surface area contributed by atoms with Crippen molar-refractivity contribution in [1.82, 2.24) is 19.7 Å². The summed E-state index contributed by atoms with van der Waals surface area (Å²) in [5.74, 6) is 0.759. The first-order valence-electron chi connectivity index (χ1n) is 10.1. The first kappa shape index (κ1) is 19.6. The van der Waals surface area contributed by atoms with E-state index in [4.69, 9.17) is 21.2 Å². The summed E-state index contributed by atoms with van der Waals surface area (Å²) in [6, 6.07) is 9.51. The van der Waals surface area contributed by atoms with Gasteiger partial charge >= 0.3 is 5.97 Å². The van der Waals surface area contributed by atoms with E-state index in [-0.39, 0.29) is 6.42 Å². The molecular weight excluding hydrogens is 418 g/mol. The van der Waals surface area contributed by atoms with Crippen LogP contribution in [0.15, 0.2) is 47.2 Å². The highest BCUT2D eigenvalue weighted by molar-refractivity contribution is 6.33. The lowest BCUT2D eigenvalue weighted by Crippen LogP contribution is -2.19. The molecule has 4 aromatic rings. The van der Waals surface area contributed by atoms with E-state index >= 15 is 0 Å². The summed E-state index contributed by atoms with van der Waals surface area (Å²) >= 11 is 6.48. The highest BCUT2D eigenvalue weighted by atomic mass is 35.5. The summed E-state index contributed by atoms with van der Waals surface area (Å²) in [4.78, 5) is 22.2. The van der Waals surface area contributed by atoms with Crippen molar-refractivity contribution < 1.29 is 14.4 Å². The molecule has 31 heavy (non-hydrogen) atoms. The van der Waals surface area contributed by atoms with E-state index in [0.717, 1.165) is 48.2 Å². The molecule has 1 aliphatic rings. The van der Waals surface area contributed by atoms with Crippen molar-refractivity contribution in [3.63, 3.8) is 0 Å². The van der Waals surface area contributed by atoms with E-state index in [1.165, 1.54) is 0 Å². The second kappa shape index (κ2) is 8.03. The molecule has 3 aromatic heterocycles. The van der Waals surface area contributed by atoms with Crippen molar-refractivity contribution in [2.75, 3.05) is 18.0 Å². The molecule has 9 heteroatoms. The molecule has 1 saturated heterocycles. The average molecular weight is 438 g/mol. The van der Waals surface area contributed by atoms with Crippen molar-refractivity contribution in [2.24, 2.45) is 0 Å². The smallest absolute Gasteiger partial charge is 0.305 e. The molecule has 0 atom stereocenters. The zero-order chi connectivity index (χ0) is 21.4. The summed E-state index contributed by atoms with van der Waals surface area (Å²) in [7, 11) is 0. The van der Waals surface area contributed by atoms with Crippen LogP contribution >= 0.6 is 11.6 Å². The average Bonchev–Trinajstić information content (AvgIpc) is 3.52. The van der Waals surface area contributed by atoms with E-state index < -0.39 is 5.97 Å². The van der Waals surface area contributed by atoms with Crippen LogP contribution in [-0.4, -0.2) is 43.9 Å². The number of aliphatic carboxylic acids is 1. The van der Waals surface area contributed by atoms with E-state index in [1.807, 2.05) is 41.1 Å². The number of aryl methyl sites for hydroxylation is 1. The van der Waals surface area contributed by atoms with Crippen LogP contribution in [0.1, 0.15) is 19.3 Å². The maximum absolute atomic E-state index is 10.9. The number of hydrogen-bond donors (Lipinski definition) is 1. The lowest BCUT2D eigenvalue weighted by Gasteiger charge is -2.17. The van der Waals surface area contributed by atoms with Crippen LogP contribution in [0.25, 0.3) is 33.7 Å². The zero-order valence-corrected chi connectivity index (χ0v) is 17.4. The Morgan fingerprint density at radius 1 is 1.23 bits per heavy atom. The molecule has 1 aromatic carbocycles. The van der Waals surface area contributed by atoms with Crippen LogP contribution in [0.2, 0.25) is 5.02 Å². The van der Waals surface area contributed by atoms with Crippen molar-refractivity contribution in [3.8, 4) is 22.8 Å². The molecule has 0 spiro atoms. The standard InChI is InChI=1S/C22H20ClN5O3/c23-17-12-14(13-24-21(17)28-8-1-2-9-28)22-25-20(26-31-22)16-4-3-5-18-15(16)6-10-27(18)11-7-19(29)30/h3-6,10,12-13H,1-2,7-9,11H2,(H,29,30). The number of rotatable bonds is 6. The Balaban J connectivity index is 1.45. The van der Waals surface area contributed by atoms with Gasteiger partial charge < -0.3 is 19.1 Å². The predicted octanol–water partition coefficient (Wildman–Crippen LogP) is 4.48. The number of carboxylic acids is 1. The third-order valence-electron chi connectivity index (χ3n) is 5.52. The largest absolute Gasteiger partial charge is 0.481 e. The molecule has 0 saturated carbocycles. The molecule has 0 bridgehead atoms. The van der Waals surface area contributed by atoms with Crippen molar-refractivity contribution >= 4 is 34.3 Å². The molecule has 1 aliphatic heterocycles. The number of anilines is 1. The lowest BCUT2D eigenvalue weighted by atomic mass is 10.1. The predicted molar refractivity (Wildman–Crippen MR) is 117 cm³/mol. The van der Waals surface area contributed by atoms with Crippen LogP contribution in [0, 0.1) is 0 Å². The Hall–Kier alpha value is -3.39. The number of halogens is 1. The van der Waals surface area contributed by atoms with Gasteiger partial charge in [-0.2, -0.15) is 4.98 Å². The quantitative estimate of drug-likeness (QED) is 0.474. The molecule has 0 aliphatic carbocycles. The fourth-order valence-electron chi connectivity index (χ4n) is 3.99. The zero-order valence-electron chi connectivity index (χ0n) is 16.7. The third-order valence-corrected chi connectivity index (χ3v) is 5.80. The van der Waals surface area contributed by atoms with Crippen LogP contribution in [0.5, 0.6) is 0 Å². The minimum absolute atomic E-state index is 0.0571. The first-order valence-corrected chi connectivity index (χ1v) is 10.5. The van der Waals surface area contributed by atoms with Gasteiger partial charge in [0.2, 0.25) is 5.82 Å². The van der Waals surface area contributed by atoms with Gasteiger partial charge in [-0.1, -0.05) is 28.9 Å². The van der Waals surface area contributed by atoms with Crippen LogP contribution in [0.4, 0.5) is 5.82 Å². The molecule has 4 heterocycles. The Morgan fingerprint density at radius 3 is 2.84 bits per heavy atom. The highest BCUT2D eigenvalue weighted by Gasteiger charge is 2.19. The van der Waals surface area contributed by atoms with Crippen LogP contribution in [0.3, 0.4) is 0 Å². The van der Waals surface area contributed by atoms with Gasteiger partial charge in [0.15, 0.2) is 0 Å². The molecule has 1 fully saturated rings. The summed E-state index contributed by atoms with van der Waals surface area (Å²) in [5.41, 5.74) is 2.40. The monoisotopic (exact) mass is 437 g/mol. The number of aromatic nitrogens is 4. The van der Waals surface area contributed by atoms with Crippen molar-refractivity contribution in [1.29, 1.82) is 0 Å². The summed E-state index contributed by atoms with van der Waals surface area (Å²) in [5, 5.41) is 14.6. The fourth-order valence-corrected chi connectivity index (χ4v) is 4.27. The normalized spacial score (nSPS) is 13.9. The summed E-state index contributed by atoms with van der Waals surface area (Å²) < 4.78 is 7.41. The Bertz CT molecular complexity index is 1260. The maximum atomic E-state index is 10.9. The fraction of sp³-hybridized carbons (Fsp3) is 0.273. The Morgan fingerprint density at radius 2 is 2.06 bits per heavy atom. The molecule has 8 nitrogen and oxygen atoms in total. The number of fused-ring (bicyclic) bond motifs is 1. The topological polar surface area (TPSA) is 97.3 Å². The van der Waals surface area contributed by atoms with E-state index in [0.29, 0.717) is 28.8 Å². The number of pyridine rings is 1. The maximum Gasteiger partial charge on any atom is 0.305 e. The number of nitrogens with zero attached hydrogens (tertiary/aromatic N) is 5. The van der Waals surface area contributed by atoms with E-state index in [2.05, 4.69) is 20.0 Å². The summed E-state index contributed by atoms with van der Waals surface area (Å²) in [6.07, 6.45) is 5.94. The van der Waals surface area contributed by atoms with Gasteiger partial charge in [0.05, 0.1) is 17.0 Å². The molecule has 0 amide bonds. The Kier molecular flexibility index (Phi) is 5.07. The van der Waals surface area contributed by atoms with Gasteiger partial charge in [0.1, 0.15) is 5.82 Å². The van der Waals surface area contributed by atoms with Gasteiger partial charge in [-0.05, 0) is 31.0 Å². The van der Waals surface area contributed by atoms with Crippen LogP contribution in [-0.2, 0) is 11.3 Å². The lowest BCUT2D eigenvalue weighted by molar-refractivity contribution is -0.137. The van der Waals surface area contributed by atoms with E-state index in [9.17, 15) is 4.79 Å². The number of hydrogen-bond acceptors (Lipinski definition) is 6. The molecule has 5 rings (SSSR count). The SMILES string of the molecule is O=C(O)CCn1ccc2c(-c3noc(-c4cnc(N5CCCC5)c(Cl)c4)n3)cccc21. The first-order chi connectivity index (χ1) is 15.1. The molecule has 0 unspecified atom stereocenters. The molecule has 1 N–H and O–H groups in total. The minimum atomic E-state index is -0.830. The minimum Gasteiger partial charge on any atom is -0.481 e. The molecular formula is C22H20ClN5O3. The highest BCUT2D eigenvalue weighted by Crippen LogP contribution is 2.32. The van der Waals surface area contributed by atoms with Crippen molar-refractivity contribution in [3.05, 3.63) is 47.7 Å². The van der Waals surface area contributed by atoms with Crippen molar-refractivity contribution in [2.45, 2.75) is 25.8 Å².